The molecule has 2 fully saturated rings. The molecule has 1 amide bonds. The van der Waals surface area contributed by atoms with Gasteiger partial charge in [0.2, 0.25) is 12.7 Å². The summed E-state index contributed by atoms with van der Waals surface area (Å²) >= 11 is 0. The molecule has 2 saturated carbocycles. The van der Waals surface area contributed by atoms with Crippen LogP contribution in [-0.2, 0) is 22.6 Å². The fraction of sp³-hybridized carbons (Fsp3) is 0.576. The molecule has 0 unspecified atom stereocenters. The van der Waals surface area contributed by atoms with E-state index in [1.165, 1.54) is 17.5 Å². The quantitative estimate of drug-likeness (QED) is 0.382. The van der Waals surface area contributed by atoms with Crippen LogP contribution in [0.15, 0.2) is 36.4 Å². The molecule has 0 radical (unpaired) electrons. The second-order valence-corrected chi connectivity index (χ2v) is 12.3. The first-order valence-electron chi connectivity index (χ1n) is 14.8. The van der Waals surface area contributed by atoms with Crippen molar-refractivity contribution < 1.29 is 23.8 Å². The molecule has 208 valence electrons. The van der Waals surface area contributed by atoms with Gasteiger partial charge in [0.05, 0.1) is 7.11 Å². The van der Waals surface area contributed by atoms with Gasteiger partial charge >= 0.3 is 0 Å². The third-order valence-corrected chi connectivity index (χ3v) is 10.2. The average Bonchev–Trinajstić information content (AvgIpc) is 3.52. The number of fused-ring (bicyclic) bond motifs is 6. The van der Waals surface area contributed by atoms with Crippen LogP contribution >= 0.6 is 0 Å². The molecule has 0 aromatic heterocycles. The van der Waals surface area contributed by atoms with Crippen molar-refractivity contribution in [2.45, 2.75) is 83.6 Å². The maximum atomic E-state index is 13.3. The van der Waals surface area contributed by atoms with Crippen molar-refractivity contribution in [2.75, 3.05) is 13.9 Å². The van der Waals surface area contributed by atoms with Gasteiger partial charge in [-0.1, -0.05) is 31.9 Å². The molecule has 5 atom stereocenters. The number of carbonyl (C=O) groups excluding carboxylic acids is 2. The van der Waals surface area contributed by atoms with E-state index in [0.29, 0.717) is 42.4 Å². The fourth-order valence-electron chi connectivity index (χ4n) is 8.22. The number of ketones is 1. The molecule has 1 aliphatic heterocycles. The maximum Gasteiger partial charge on any atom is 0.231 e. The minimum Gasteiger partial charge on any atom is -0.497 e. The second-order valence-electron chi connectivity index (χ2n) is 12.3. The Morgan fingerprint density at radius 2 is 1.95 bits per heavy atom. The molecule has 3 aliphatic carbocycles. The molecule has 2 aromatic carbocycles. The molecule has 0 bridgehead atoms. The lowest BCUT2D eigenvalue weighted by molar-refractivity contribution is -0.129. The third-order valence-electron chi connectivity index (χ3n) is 10.2. The van der Waals surface area contributed by atoms with Gasteiger partial charge in [0.15, 0.2) is 11.5 Å². The Bertz CT molecular complexity index is 1240. The third kappa shape index (κ3) is 5.03. The molecule has 6 rings (SSSR count). The Balaban J connectivity index is 0.995. The Hall–Kier alpha value is -3.02. The molecular weight excluding hydrogens is 490 g/mol. The number of hydrogen-bond acceptors (Lipinski definition) is 5. The summed E-state index contributed by atoms with van der Waals surface area (Å²) in [6.07, 6.45) is 9.80. The molecule has 1 N–H and O–H groups in total. The number of nitrogens with one attached hydrogen (secondary N) is 1. The van der Waals surface area contributed by atoms with Crippen LogP contribution in [0, 0.1) is 23.2 Å². The van der Waals surface area contributed by atoms with Gasteiger partial charge in [-0.15, -0.1) is 0 Å². The lowest BCUT2D eigenvalue weighted by Gasteiger charge is -2.50. The standard InChI is InChI=1S/C33H41NO5/c1-33-15-14-26-25-12-10-24(37-2)17-22(25)9-11-27(26)32(33)23(18-30(33)35)6-4-3-5-7-31(36)34-19-21-8-13-28-29(16-21)39-20-38-28/h8,10,12-13,16-17,23,26-27,32H,3-7,9,11,14-15,18-20H2,1-2H3,(H,34,36)/t23-,26-,27-,32+,33-/m1/s1. The minimum atomic E-state index is -0.148. The van der Waals surface area contributed by atoms with Crippen molar-refractivity contribution in [3.05, 3.63) is 53.1 Å². The molecule has 1 heterocycles. The van der Waals surface area contributed by atoms with Crippen LogP contribution in [0.5, 0.6) is 17.2 Å². The Morgan fingerprint density at radius 1 is 1.08 bits per heavy atom. The Labute approximate surface area is 231 Å². The summed E-state index contributed by atoms with van der Waals surface area (Å²) in [6.45, 7) is 3.02. The smallest absolute Gasteiger partial charge is 0.231 e. The highest BCUT2D eigenvalue weighted by atomic mass is 16.7. The van der Waals surface area contributed by atoms with Gasteiger partial charge in [-0.2, -0.15) is 0 Å². The molecule has 4 aliphatic rings. The molecule has 6 nitrogen and oxygen atoms in total. The van der Waals surface area contributed by atoms with E-state index in [0.717, 1.165) is 74.2 Å². The number of aryl methyl sites for hydroxylation is 1. The molecule has 0 spiro atoms. The number of carbonyl (C=O) groups is 2. The molecule has 39 heavy (non-hydrogen) atoms. The van der Waals surface area contributed by atoms with E-state index in [1.807, 2.05) is 18.2 Å². The van der Waals surface area contributed by atoms with Gasteiger partial charge in [0, 0.05) is 24.8 Å². The second kappa shape index (κ2) is 10.9. The van der Waals surface area contributed by atoms with Crippen molar-refractivity contribution in [2.24, 2.45) is 23.2 Å². The number of ether oxygens (including phenoxy) is 3. The zero-order valence-electron chi connectivity index (χ0n) is 23.3. The average molecular weight is 532 g/mol. The monoisotopic (exact) mass is 531 g/mol. The number of rotatable bonds is 9. The first kappa shape index (κ1) is 26.2. The zero-order valence-corrected chi connectivity index (χ0v) is 23.3. The Kier molecular flexibility index (Phi) is 7.30. The van der Waals surface area contributed by atoms with Crippen LogP contribution in [0.3, 0.4) is 0 Å². The topological polar surface area (TPSA) is 73.9 Å². The van der Waals surface area contributed by atoms with Crippen LogP contribution in [0.2, 0.25) is 0 Å². The maximum absolute atomic E-state index is 13.3. The van der Waals surface area contributed by atoms with E-state index in [9.17, 15) is 9.59 Å². The number of benzene rings is 2. The van der Waals surface area contributed by atoms with Gasteiger partial charge in [0.25, 0.3) is 0 Å². The zero-order chi connectivity index (χ0) is 27.0. The largest absolute Gasteiger partial charge is 0.497 e. The van der Waals surface area contributed by atoms with Gasteiger partial charge < -0.3 is 19.5 Å². The van der Waals surface area contributed by atoms with Crippen molar-refractivity contribution in [1.82, 2.24) is 5.32 Å². The Morgan fingerprint density at radius 3 is 2.82 bits per heavy atom. The van der Waals surface area contributed by atoms with Crippen molar-refractivity contribution in [3.8, 4) is 17.2 Å². The number of methoxy groups -OCH3 is 1. The van der Waals surface area contributed by atoms with Crippen molar-refractivity contribution in [1.29, 1.82) is 0 Å². The van der Waals surface area contributed by atoms with E-state index in [2.05, 4.69) is 30.4 Å². The van der Waals surface area contributed by atoms with Crippen molar-refractivity contribution >= 4 is 11.7 Å². The van der Waals surface area contributed by atoms with Gasteiger partial charge in [-0.05, 0) is 103 Å². The van der Waals surface area contributed by atoms with Gasteiger partial charge in [0.1, 0.15) is 11.5 Å². The van der Waals surface area contributed by atoms with Gasteiger partial charge in [-0.3, -0.25) is 9.59 Å². The lowest BCUT2D eigenvalue weighted by atomic mass is 9.54. The predicted molar refractivity (Wildman–Crippen MR) is 149 cm³/mol. The summed E-state index contributed by atoms with van der Waals surface area (Å²) < 4.78 is 16.2. The van der Waals surface area contributed by atoms with E-state index in [4.69, 9.17) is 14.2 Å². The molecule has 6 heteroatoms. The predicted octanol–water partition coefficient (Wildman–Crippen LogP) is 6.34. The first-order chi connectivity index (χ1) is 19.0. The molecular formula is C33H41NO5. The lowest BCUT2D eigenvalue weighted by Crippen LogP contribution is -2.44. The normalized spacial score (nSPS) is 28.4. The van der Waals surface area contributed by atoms with Gasteiger partial charge in [-0.25, -0.2) is 0 Å². The van der Waals surface area contributed by atoms with E-state index in [1.54, 1.807) is 7.11 Å². The van der Waals surface area contributed by atoms with E-state index >= 15 is 0 Å². The summed E-state index contributed by atoms with van der Waals surface area (Å²) in [7, 11) is 1.74. The van der Waals surface area contributed by atoms with Crippen LogP contribution in [0.4, 0.5) is 0 Å². The summed E-state index contributed by atoms with van der Waals surface area (Å²) in [5.74, 6) is 5.17. The molecule has 2 aromatic rings. The number of Topliss-reactive ketones (excluding diaryl/α,β-unsaturated/α-hetero) is 1. The number of hydrogen-bond donors (Lipinski definition) is 1. The summed E-state index contributed by atoms with van der Waals surface area (Å²) in [6, 6.07) is 12.4. The highest BCUT2D eigenvalue weighted by Crippen LogP contribution is 2.62. The SMILES string of the molecule is COc1ccc2c(c1)CC[C@H]1[C@@H]3[C@H](CCCCCC(=O)NCc4ccc5c(c4)OCO5)CC(=O)[C@@]3(C)CC[C@H]21. The van der Waals surface area contributed by atoms with E-state index in [-0.39, 0.29) is 18.1 Å². The van der Waals surface area contributed by atoms with Crippen LogP contribution < -0.4 is 19.5 Å². The van der Waals surface area contributed by atoms with Crippen LogP contribution in [0.1, 0.15) is 87.3 Å². The van der Waals surface area contributed by atoms with Crippen molar-refractivity contribution in [3.63, 3.8) is 0 Å². The molecule has 0 saturated heterocycles. The first-order valence-corrected chi connectivity index (χ1v) is 14.8. The number of amides is 1. The number of unbranched alkanes of at least 4 members (excludes halogenated alkanes) is 2. The highest BCUT2D eigenvalue weighted by molar-refractivity contribution is 5.87. The van der Waals surface area contributed by atoms with E-state index < -0.39 is 0 Å². The van der Waals surface area contributed by atoms with Crippen LogP contribution in [-0.4, -0.2) is 25.6 Å². The fourth-order valence-corrected chi connectivity index (χ4v) is 8.22. The summed E-state index contributed by atoms with van der Waals surface area (Å²) in [5, 5.41) is 3.03. The highest BCUT2D eigenvalue weighted by Gasteiger charge is 2.58. The minimum absolute atomic E-state index is 0.0870. The van der Waals surface area contributed by atoms with Crippen LogP contribution in [0.25, 0.3) is 0 Å². The summed E-state index contributed by atoms with van der Waals surface area (Å²) in [5.41, 5.74) is 3.80. The summed E-state index contributed by atoms with van der Waals surface area (Å²) in [4.78, 5) is 25.7.